The number of benzene rings is 1. The first-order valence-corrected chi connectivity index (χ1v) is 14.2. The molecular weight excluding hydrogens is 484 g/mol. The summed E-state index contributed by atoms with van der Waals surface area (Å²) in [5, 5.41) is 0. The average Bonchev–Trinajstić information content (AvgIpc) is 2.97. The first-order chi connectivity index (χ1) is 18.9. The second-order valence-electron chi connectivity index (χ2n) is 11.4. The fourth-order valence-corrected chi connectivity index (χ4v) is 5.90. The van der Waals surface area contributed by atoms with E-state index in [0.29, 0.717) is 6.04 Å². The van der Waals surface area contributed by atoms with Crippen LogP contribution in [0, 0.1) is 0 Å². The smallest absolute Gasteiger partial charge is 0.134 e. The molecule has 39 heavy (non-hydrogen) atoms. The van der Waals surface area contributed by atoms with E-state index in [-0.39, 0.29) is 0 Å². The van der Waals surface area contributed by atoms with Crippen LogP contribution in [0.5, 0.6) is 0 Å². The Kier molecular flexibility index (Phi) is 7.23. The third-order valence-electron chi connectivity index (χ3n) is 8.63. The summed E-state index contributed by atoms with van der Waals surface area (Å²) < 4.78 is 0. The van der Waals surface area contributed by atoms with E-state index in [1.54, 1.807) is 6.33 Å². The highest BCUT2D eigenvalue weighted by atomic mass is 15.3. The number of pyridine rings is 1. The highest BCUT2D eigenvalue weighted by molar-refractivity contribution is 5.67. The predicted molar refractivity (Wildman–Crippen MR) is 159 cm³/mol. The van der Waals surface area contributed by atoms with Crippen LogP contribution in [0.4, 0.5) is 11.6 Å². The van der Waals surface area contributed by atoms with Crippen molar-refractivity contribution in [1.82, 2.24) is 29.7 Å². The molecule has 5 heterocycles. The second kappa shape index (κ2) is 10.9. The van der Waals surface area contributed by atoms with Crippen LogP contribution in [-0.2, 0) is 13.0 Å². The fraction of sp³-hybridized carbons (Fsp3) is 0.452. The van der Waals surface area contributed by atoms with Gasteiger partial charge < -0.3 is 24.5 Å². The molecule has 8 heteroatoms. The van der Waals surface area contributed by atoms with Crippen molar-refractivity contribution >= 4 is 17.3 Å². The molecule has 0 amide bonds. The minimum absolute atomic E-state index is 0.375. The van der Waals surface area contributed by atoms with E-state index in [0.717, 1.165) is 93.9 Å². The summed E-state index contributed by atoms with van der Waals surface area (Å²) in [5.74, 6) is 2.04. The Hall–Kier alpha value is -3.49. The average molecular weight is 525 g/mol. The lowest BCUT2D eigenvalue weighted by Gasteiger charge is -2.37. The van der Waals surface area contributed by atoms with E-state index in [2.05, 4.69) is 93.5 Å². The van der Waals surface area contributed by atoms with Crippen molar-refractivity contribution in [3.8, 4) is 11.1 Å². The molecule has 1 unspecified atom stereocenters. The van der Waals surface area contributed by atoms with E-state index < -0.39 is 0 Å². The van der Waals surface area contributed by atoms with Crippen molar-refractivity contribution in [3.63, 3.8) is 0 Å². The van der Waals surface area contributed by atoms with Gasteiger partial charge in [0, 0.05) is 82.8 Å². The van der Waals surface area contributed by atoms with Crippen LogP contribution in [0.15, 0.2) is 55.5 Å². The number of nitrogens with zero attached hydrogens (tertiary/aromatic N) is 8. The number of hydrogen-bond acceptors (Lipinski definition) is 8. The van der Waals surface area contributed by atoms with Gasteiger partial charge in [0.15, 0.2) is 0 Å². The molecule has 6 rings (SSSR count). The molecule has 1 aromatic carbocycles. The van der Waals surface area contributed by atoms with Gasteiger partial charge in [0.05, 0.1) is 11.4 Å². The zero-order valence-corrected chi connectivity index (χ0v) is 23.6. The normalized spacial score (nSPS) is 20.7. The molecule has 204 valence electrons. The molecule has 0 spiro atoms. The summed E-state index contributed by atoms with van der Waals surface area (Å²) in [6.45, 7) is 15.7. The van der Waals surface area contributed by atoms with Crippen LogP contribution in [-0.4, -0.2) is 102 Å². The Labute approximate surface area is 232 Å². The Morgan fingerprint density at radius 3 is 2.18 bits per heavy atom. The van der Waals surface area contributed by atoms with Crippen LogP contribution < -0.4 is 9.80 Å². The topological polar surface area (TPSA) is 54.9 Å². The lowest BCUT2D eigenvalue weighted by atomic mass is 9.91. The van der Waals surface area contributed by atoms with Gasteiger partial charge in [-0.05, 0) is 56.3 Å². The van der Waals surface area contributed by atoms with Crippen LogP contribution in [0.25, 0.3) is 16.8 Å². The summed E-state index contributed by atoms with van der Waals surface area (Å²) in [5.41, 5.74) is 7.09. The molecule has 2 fully saturated rings. The maximum atomic E-state index is 4.80. The molecule has 3 aromatic rings. The van der Waals surface area contributed by atoms with Crippen molar-refractivity contribution in [2.24, 2.45) is 0 Å². The van der Waals surface area contributed by atoms with E-state index in [1.165, 1.54) is 16.7 Å². The Morgan fingerprint density at radius 2 is 1.46 bits per heavy atom. The summed E-state index contributed by atoms with van der Waals surface area (Å²) >= 11 is 0. The number of rotatable bonds is 5. The number of likely N-dealkylation sites (N-methyl/N-ethyl adjacent to an activating group) is 2. The predicted octanol–water partition coefficient (Wildman–Crippen LogP) is 3.46. The van der Waals surface area contributed by atoms with Gasteiger partial charge in [0.1, 0.15) is 18.0 Å². The minimum atomic E-state index is 0.375. The molecule has 2 saturated heterocycles. The van der Waals surface area contributed by atoms with Gasteiger partial charge in [-0.3, -0.25) is 4.98 Å². The number of fused-ring (bicyclic) bond motifs is 1. The summed E-state index contributed by atoms with van der Waals surface area (Å²) in [4.78, 5) is 26.0. The minimum Gasteiger partial charge on any atom is -0.368 e. The van der Waals surface area contributed by atoms with E-state index in [4.69, 9.17) is 9.97 Å². The van der Waals surface area contributed by atoms with Crippen molar-refractivity contribution in [2.75, 3.05) is 76.3 Å². The van der Waals surface area contributed by atoms with Crippen LogP contribution in [0.2, 0.25) is 0 Å². The van der Waals surface area contributed by atoms with E-state index in [1.807, 2.05) is 6.20 Å². The zero-order valence-electron chi connectivity index (χ0n) is 23.6. The molecule has 3 aliphatic heterocycles. The van der Waals surface area contributed by atoms with Crippen LogP contribution in [0.3, 0.4) is 0 Å². The van der Waals surface area contributed by atoms with E-state index in [9.17, 15) is 0 Å². The van der Waals surface area contributed by atoms with Gasteiger partial charge in [-0.1, -0.05) is 24.8 Å². The summed E-state index contributed by atoms with van der Waals surface area (Å²) in [7, 11) is 4.35. The molecule has 0 radical (unpaired) electrons. The lowest BCUT2D eigenvalue weighted by molar-refractivity contribution is 0.207. The fourth-order valence-electron chi connectivity index (χ4n) is 5.90. The monoisotopic (exact) mass is 524 g/mol. The van der Waals surface area contributed by atoms with Gasteiger partial charge in [-0.2, -0.15) is 0 Å². The van der Waals surface area contributed by atoms with Crippen molar-refractivity contribution in [2.45, 2.75) is 25.9 Å². The SMILES string of the molecule is C=C(c1ccc(-c2ccc3c(c2)CN(c2cc(N4CCN(C)CC4)ncn2)C(C)C3)cn1)N1CCN(C)CC1. The second-order valence-corrected chi connectivity index (χ2v) is 11.4. The Morgan fingerprint density at radius 1 is 0.769 bits per heavy atom. The van der Waals surface area contributed by atoms with Gasteiger partial charge in [0.2, 0.25) is 0 Å². The van der Waals surface area contributed by atoms with Crippen LogP contribution >= 0.6 is 0 Å². The summed E-state index contributed by atoms with van der Waals surface area (Å²) in [6, 6.07) is 13.7. The maximum Gasteiger partial charge on any atom is 0.134 e. The van der Waals surface area contributed by atoms with Crippen LogP contribution in [0.1, 0.15) is 23.7 Å². The quantitative estimate of drug-likeness (QED) is 0.503. The molecule has 1 atom stereocenters. The Balaban J connectivity index is 1.18. The highest BCUT2D eigenvalue weighted by Crippen LogP contribution is 2.32. The van der Waals surface area contributed by atoms with E-state index >= 15 is 0 Å². The maximum absolute atomic E-state index is 4.80. The van der Waals surface area contributed by atoms with Gasteiger partial charge in [0.25, 0.3) is 0 Å². The van der Waals surface area contributed by atoms with Gasteiger partial charge in [-0.15, -0.1) is 0 Å². The zero-order chi connectivity index (χ0) is 26.9. The number of piperazine rings is 2. The molecule has 0 bridgehead atoms. The molecule has 3 aliphatic rings. The first kappa shape index (κ1) is 25.8. The molecule has 0 saturated carbocycles. The van der Waals surface area contributed by atoms with Crippen molar-refractivity contribution in [1.29, 1.82) is 0 Å². The Bertz CT molecular complexity index is 1310. The molecule has 0 N–H and O–H groups in total. The number of hydrogen-bond donors (Lipinski definition) is 0. The molecule has 2 aromatic heterocycles. The lowest BCUT2D eigenvalue weighted by Crippen LogP contribution is -2.45. The molecular formula is C31H40N8. The highest BCUT2D eigenvalue weighted by Gasteiger charge is 2.26. The molecule has 8 nitrogen and oxygen atoms in total. The number of anilines is 2. The van der Waals surface area contributed by atoms with Gasteiger partial charge in [-0.25, -0.2) is 9.97 Å². The third-order valence-corrected chi connectivity index (χ3v) is 8.63. The summed E-state index contributed by atoms with van der Waals surface area (Å²) in [6.07, 6.45) is 4.73. The standard InChI is InChI=1S/C31H40N8/c1-23-17-25-5-6-26(27-7-8-29(32-20-27)24(2)37-13-9-35(3)10-14-37)18-28(25)21-39(23)31-19-30(33-22-34-31)38-15-11-36(4)12-16-38/h5-8,18-20,22-23H,2,9-17,21H2,1,3-4H3. The van der Waals surface area contributed by atoms with Gasteiger partial charge >= 0.3 is 0 Å². The number of aromatic nitrogens is 3. The third kappa shape index (κ3) is 5.49. The largest absolute Gasteiger partial charge is 0.368 e. The van der Waals surface area contributed by atoms with Crippen molar-refractivity contribution < 1.29 is 0 Å². The first-order valence-electron chi connectivity index (χ1n) is 14.2. The molecule has 0 aliphatic carbocycles. The van der Waals surface area contributed by atoms with Crippen molar-refractivity contribution in [3.05, 3.63) is 72.3 Å².